The SMILES string of the molecule is CCCNCCCCCCOC1CCCC(CC)C1. The Bertz CT molecular complexity index is 196. The van der Waals surface area contributed by atoms with Gasteiger partial charge in [-0.15, -0.1) is 0 Å². The molecular weight excluding hydrogens is 234 g/mol. The molecule has 0 amide bonds. The van der Waals surface area contributed by atoms with Crippen molar-refractivity contribution >= 4 is 0 Å². The molecule has 1 rings (SSSR count). The molecule has 1 aliphatic carbocycles. The quantitative estimate of drug-likeness (QED) is 0.556. The summed E-state index contributed by atoms with van der Waals surface area (Å²) >= 11 is 0. The predicted molar refractivity (Wildman–Crippen MR) is 83.6 cm³/mol. The third-order valence-corrected chi connectivity index (χ3v) is 4.34. The lowest BCUT2D eigenvalue weighted by atomic mass is 9.85. The van der Waals surface area contributed by atoms with Gasteiger partial charge in [-0.2, -0.15) is 0 Å². The molecule has 2 unspecified atom stereocenters. The molecule has 0 aromatic carbocycles. The van der Waals surface area contributed by atoms with Gasteiger partial charge in [-0.05, 0) is 51.1 Å². The van der Waals surface area contributed by atoms with Gasteiger partial charge in [0.1, 0.15) is 0 Å². The monoisotopic (exact) mass is 269 g/mol. The second-order valence-corrected chi connectivity index (χ2v) is 6.10. The first-order valence-electron chi connectivity index (χ1n) is 8.69. The zero-order valence-corrected chi connectivity index (χ0v) is 13.3. The number of hydrogen-bond acceptors (Lipinski definition) is 2. The summed E-state index contributed by atoms with van der Waals surface area (Å²) in [5.74, 6) is 0.934. The van der Waals surface area contributed by atoms with Crippen molar-refractivity contribution < 1.29 is 4.74 Å². The van der Waals surface area contributed by atoms with Gasteiger partial charge in [-0.3, -0.25) is 0 Å². The van der Waals surface area contributed by atoms with Crippen LogP contribution in [0.5, 0.6) is 0 Å². The van der Waals surface area contributed by atoms with Gasteiger partial charge in [-0.25, -0.2) is 0 Å². The smallest absolute Gasteiger partial charge is 0.0577 e. The number of nitrogens with one attached hydrogen (secondary N) is 1. The highest BCUT2D eigenvalue weighted by Crippen LogP contribution is 2.28. The van der Waals surface area contributed by atoms with Crippen LogP contribution in [0.1, 0.15) is 78.1 Å². The minimum atomic E-state index is 0.574. The molecule has 1 saturated carbocycles. The molecule has 1 N–H and O–H groups in total. The number of hydrogen-bond donors (Lipinski definition) is 1. The summed E-state index contributed by atoms with van der Waals surface area (Å²) in [4.78, 5) is 0. The Morgan fingerprint density at radius 2 is 1.84 bits per heavy atom. The van der Waals surface area contributed by atoms with Crippen LogP contribution in [0.4, 0.5) is 0 Å². The second-order valence-electron chi connectivity index (χ2n) is 6.10. The average Bonchev–Trinajstić information content (AvgIpc) is 2.46. The molecule has 0 spiro atoms. The van der Waals surface area contributed by atoms with Crippen LogP contribution in [0, 0.1) is 5.92 Å². The zero-order valence-electron chi connectivity index (χ0n) is 13.3. The van der Waals surface area contributed by atoms with Crippen molar-refractivity contribution in [3.8, 4) is 0 Å². The summed E-state index contributed by atoms with van der Waals surface area (Å²) in [6.45, 7) is 7.89. The molecule has 2 atom stereocenters. The Labute approximate surface area is 120 Å². The van der Waals surface area contributed by atoms with E-state index < -0.39 is 0 Å². The first-order valence-corrected chi connectivity index (χ1v) is 8.69. The Hall–Kier alpha value is -0.0800. The highest BCUT2D eigenvalue weighted by molar-refractivity contribution is 4.72. The number of ether oxygens (including phenoxy) is 1. The van der Waals surface area contributed by atoms with Crippen LogP contribution in [0.3, 0.4) is 0 Å². The molecule has 2 heteroatoms. The largest absolute Gasteiger partial charge is 0.378 e. The van der Waals surface area contributed by atoms with E-state index in [0.717, 1.165) is 12.5 Å². The Balaban J connectivity index is 1.85. The van der Waals surface area contributed by atoms with Crippen LogP contribution in [0.15, 0.2) is 0 Å². The zero-order chi connectivity index (χ0) is 13.8. The minimum absolute atomic E-state index is 0.574. The molecule has 0 bridgehead atoms. The van der Waals surface area contributed by atoms with E-state index in [1.54, 1.807) is 0 Å². The molecule has 1 fully saturated rings. The van der Waals surface area contributed by atoms with E-state index >= 15 is 0 Å². The van der Waals surface area contributed by atoms with Crippen molar-refractivity contribution in [3.63, 3.8) is 0 Å². The van der Waals surface area contributed by atoms with Crippen molar-refractivity contribution in [1.82, 2.24) is 5.32 Å². The summed E-state index contributed by atoms with van der Waals surface area (Å²) in [6, 6.07) is 0. The highest BCUT2D eigenvalue weighted by Gasteiger charge is 2.20. The van der Waals surface area contributed by atoms with Gasteiger partial charge in [0.05, 0.1) is 6.10 Å². The lowest BCUT2D eigenvalue weighted by Gasteiger charge is -2.28. The van der Waals surface area contributed by atoms with Gasteiger partial charge in [-0.1, -0.05) is 46.0 Å². The van der Waals surface area contributed by atoms with Gasteiger partial charge < -0.3 is 10.1 Å². The molecule has 0 radical (unpaired) electrons. The Morgan fingerprint density at radius 3 is 2.63 bits per heavy atom. The van der Waals surface area contributed by atoms with Crippen molar-refractivity contribution in [2.45, 2.75) is 84.2 Å². The van der Waals surface area contributed by atoms with E-state index in [2.05, 4.69) is 19.2 Å². The lowest BCUT2D eigenvalue weighted by Crippen LogP contribution is -2.23. The fourth-order valence-corrected chi connectivity index (χ4v) is 3.02. The highest BCUT2D eigenvalue weighted by atomic mass is 16.5. The fraction of sp³-hybridized carbons (Fsp3) is 1.00. The van der Waals surface area contributed by atoms with E-state index in [0.29, 0.717) is 6.10 Å². The molecular formula is C17H35NO. The summed E-state index contributed by atoms with van der Waals surface area (Å²) in [5, 5.41) is 3.46. The molecule has 2 nitrogen and oxygen atoms in total. The average molecular weight is 269 g/mol. The van der Waals surface area contributed by atoms with Gasteiger partial charge in [0.2, 0.25) is 0 Å². The summed E-state index contributed by atoms with van der Waals surface area (Å²) in [7, 11) is 0. The van der Waals surface area contributed by atoms with Gasteiger partial charge in [0.15, 0.2) is 0 Å². The minimum Gasteiger partial charge on any atom is -0.378 e. The van der Waals surface area contributed by atoms with Gasteiger partial charge >= 0.3 is 0 Å². The van der Waals surface area contributed by atoms with E-state index in [-0.39, 0.29) is 0 Å². The summed E-state index contributed by atoms with van der Waals surface area (Å²) in [5.41, 5.74) is 0. The van der Waals surface area contributed by atoms with Crippen LogP contribution in [-0.2, 0) is 4.74 Å². The standard InChI is InChI=1S/C17H35NO/c1-3-12-18-13-7-5-6-8-14-19-17-11-9-10-16(4-2)15-17/h16-18H,3-15H2,1-2H3. The maximum atomic E-state index is 6.04. The normalized spacial score (nSPS) is 23.7. The second kappa shape index (κ2) is 11.7. The lowest BCUT2D eigenvalue weighted by molar-refractivity contribution is 0.0107. The molecule has 0 heterocycles. The summed E-state index contributed by atoms with van der Waals surface area (Å²) in [6.07, 6.45) is 13.8. The maximum absolute atomic E-state index is 6.04. The molecule has 0 aromatic rings. The van der Waals surface area contributed by atoms with Crippen molar-refractivity contribution in [2.24, 2.45) is 5.92 Å². The molecule has 114 valence electrons. The fourth-order valence-electron chi connectivity index (χ4n) is 3.02. The Kier molecular flexibility index (Phi) is 10.5. The van der Waals surface area contributed by atoms with E-state index in [4.69, 9.17) is 4.74 Å². The maximum Gasteiger partial charge on any atom is 0.0577 e. The molecule has 0 saturated heterocycles. The first-order chi connectivity index (χ1) is 9.36. The van der Waals surface area contributed by atoms with Gasteiger partial charge in [0.25, 0.3) is 0 Å². The Morgan fingerprint density at radius 1 is 1.00 bits per heavy atom. The number of unbranched alkanes of at least 4 members (excludes halogenated alkanes) is 3. The van der Waals surface area contributed by atoms with E-state index in [1.807, 2.05) is 0 Å². The van der Waals surface area contributed by atoms with Gasteiger partial charge in [0, 0.05) is 6.61 Å². The van der Waals surface area contributed by atoms with Crippen LogP contribution in [0.2, 0.25) is 0 Å². The van der Waals surface area contributed by atoms with Crippen molar-refractivity contribution in [3.05, 3.63) is 0 Å². The predicted octanol–water partition coefficient (Wildman–Crippen LogP) is 4.53. The topological polar surface area (TPSA) is 21.3 Å². The number of rotatable bonds is 11. The van der Waals surface area contributed by atoms with Crippen LogP contribution < -0.4 is 5.32 Å². The van der Waals surface area contributed by atoms with E-state index in [1.165, 1.54) is 77.3 Å². The van der Waals surface area contributed by atoms with Crippen LogP contribution in [0.25, 0.3) is 0 Å². The van der Waals surface area contributed by atoms with Crippen LogP contribution >= 0.6 is 0 Å². The van der Waals surface area contributed by atoms with Crippen LogP contribution in [-0.4, -0.2) is 25.8 Å². The van der Waals surface area contributed by atoms with E-state index in [9.17, 15) is 0 Å². The first kappa shape index (κ1) is 17.0. The molecule has 0 aliphatic heterocycles. The third-order valence-electron chi connectivity index (χ3n) is 4.34. The third kappa shape index (κ3) is 8.65. The van der Waals surface area contributed by atoms with Crippen molar-refractivity contribution in [2.75, 3.05) is 19.7 Å². The molecule has 0 aromatic heterocycles. The molecule has 1 aliphatic rings. The van der Waals surface area contributed by atoms with Crippen molar-refractivity contribution in [1.29, 1.82) is 0 Å². The molecule has 19 heavy (non-hydrogen) atoms. The summed E-state index contributed by atoms with van der Waals surface area (Å²) < 4.78 is 6.04.